The summed E-state index contributed by atoms with van der Waals surface area (Å²) in [6.07, 6.45) is 6.57. The standard InChI is InChI=1S/C34H50Cl2N2O6/c1-5-9-17-40-23-29-32(41-18-10-6-2)34(43-20-12-8-4)33(42-19-11-7-3)31(44-29)24-13-14-27(35)25(21-24)26(22-39)28-15-16-30(36)38-37-28/h13-16,21-22,26,29,31-34H,5-12,17-20,23H2,1-4H3/t26?,29-,31+,32-,33+,34+/m1/s1. The molecule has 0 radical (unpaired) electrons. The van der Waals surface area contributed by atoms with Crippen molar-refractivity contribution in [3.05, 3.63) is 57.3 Å². The normalized spacial score (nSPS) is 22.6. The Bertz CT molecular complexity index is 1090. The fourth-order valence-corrected chi connectivity index (χ4v) is 5.54. The summed E-state index contributed by atoms with van der Waals surface area (Å²) in [4.78, 5) is 12.4. The second-order valence-corrected chi connectivity index (χ2v) is 12.1. The molecule has 1 aromatic carbocycles. The van der Waals surface area contributed by atoms with E-state index in [9.17, 15) is 4.79 Å². The Hall–Kier alpha value is -1.65. The van der Waals surface area contributed by atoms with Gasteiger partial charge in [0, 0.05) is 31.5 Å². The predicted molar refractivity (Wildman–Crippen MR) is 174 cm³/mol. The highest BCUT2D eigenvalue weighted by Gasteiger charge is 2.49. The van der Waals surface area contributed by atoms with Crippen molar-refractivity contribution in [3.8, 4) is 0 Å². The summed E-state index contributed by atoms with van der Waals surface area (Å²) in [7, 11) is 0. The van der Waals surface area contributed by atoms with Crippen molar-refractivity contribution in [3.63, 3.8) is 0 Å². The van der Waals surface area contributed by atoms with Crippen molar-refractivity contribution < 1.29 is 28.5 Å². The Morgan fingerprint density at radius 1 is 0.795 bits per heavy atom. The molecule has 1 unspecified atom stereocenters. The van der Waals surface area contributed by atoms with Gasteiger partial charge in [-0.2, -0.15) is 5.10 Å². The van der Waals surface area contributed by atoms with Gasteiger partial charge in [-0.25, -0.2) is 0 Å². The number of nitrogens with zero attached hydrogens (tertiary/aromatic N) is 2. The topological polar surface area (TPSA) is 89.0 Å². The molecule has 2 aromatic rings. The van der Waals surface area contributed by atoms with Crippen LogP contribution in [0.2, 0.25) is 10.2 Å². The molecule has 1 fully saturated rings. The first-order chi connectivity index (χ1) is 21.5. The van der Waals surface area contributed by atoms with Gasteiger partial charge in [0.25, 0.3) is 0 Å². The van der Waals surface area contributed by atoms with Crippen LogP contribution >= 0.6 is 23.2 Å². The predicted octanol–water partition coefficient (Wildman–Crippen LogP) is 7.93. The number of carbonyl (C=O) groups is 1. The minimum absolute atomic E-state index is 0.248. The van der Waals surface area contributed by atoms with Crippen molar-refractivity contribution in [1.29, 1.82) is 0 Å². The smallest absolute Gasteiger partial charge is 0.151 e. The lowest BCUT2D eigenvalue weighted by Crippen LogP contribution is -2.58. The molecule has 246 valence electrons. The van der Waals surface area contributed by atoms with Crippen LogP contribution in [0.15, 0.2) is 30.3 Å². The molecule has 0 aliphatic carbocycles. The van der Waals surface area contributed by atoms with Gasteiger partial charge in [0.2, 0.25) is 0 Å². The van der Waals surface area contributed by atoms with Crippen molar-refractivity contribution >= 4 is 29.5 Å². The Kier molecular flexibility index (Phi) is 17.1. The SMILES string of the molecule is CCCCOC[C@H]1O[C@@H](c2ccc(Cl)c(C(C=O)c3ccc(Cl)nn3)c2)[C@H](OCCCC)[C@@H](OCCCC)[C@@H]1OCCCC. The zero-order chi connectivity index (χ0) is 31.7. The molecule has 0 bridgehead atoms. The first kappa shape index (κ1) is 36.8. The van der Waals surface area contributed by atoms with Gasteiger partial charge in [0.05, 0.1) is 18.2 Å². The summed E-state index contributed by atoms with van der Waals surface area (Å²) in [6, 6.07) is 8.93. The summed E-state index contributed by atoms with van der Waals surface area (Å²) in [5.41, 5.74) is 1.89. The Balaban J connectivity index is 2.05. The van der Waals surface area contributed by atoms with Crippen LogP contribution in [0.4, 0.5) is 0 Å². The van der Waals surface area contributed by atoms with Crippen molar-refractivity contribution in [2.24, 2.45) is 0 Å². The van der Waals surface area contributed by atoms with Crippen LogP contribution in [0, 0.1) is 0 Å². The van der Waals surface area contributed by atoms with Crippen LogP contribution in [-0.2, 0) is 28.5 Å². The number of unbranched alkanes of at least 4 members (excludes halogenated alkanes) is 4. The Morgan fingerprint density at radius 3 is 2.00 bits per heavy atom. The zero-order valence-corrected chi connectivity index (χ0v) is 28.2. The highest BCUT2D eigenvalue weighted by molar-refractivity contribution is 6.31. The number of halogens is 2. The molecule has 8 nitrogen and oxygen atoms in total. The van der Waals surface area contributed by atoms with Crippen LogP contribution in [0.3, 0.4) is 0 Å². The summed E-state index contributed by atoms with van der Waals surface area (Å²) >= 11 is 12.7. The van der Waals surface area contributed by atoms with Gasteiger partial charge in [-0.05, 0) is 55.0 Å². The van der Waals surface area contributed by atoms with Crippen LogP contribution in [-0.4, -0.2) is 73.9 Å². The maximum Gasteiger partial charge on any atom is 0.151 e. The van der Waals surface area contributed by atoms with E-state index in [1.165, 1.54) is 0 Å². The molecule has 0 amide bonds. The Labute approximate surface area is 273 Å². The molecule has 0 N–H and O–H groups in total. The van der Waals surface area contributed by atoms with Gasteiger partial charge >= 0.3 is 0 Å². The molecular formula is C34H50Cl2N2O6. The minimum atomic E-state index is -0.731. The zero-order valence-electron chi connectivity index (χ0n) is 26.7. The third-order valence-electron chi connectivity index (χ3n) is 7.77. The van der Waals surface area contributed by atoms with E-state index in [1.807, 2.05) is 12.1 Å². The van der Waals surface area contributed by atoms with E-state index in [0.29, 0.717) is 49.3 Å². The number of aromatic nitrogens is 2. The fraction of sp³-hybridized carbons (Fsp3) is 0.676. The van der Waals surface area contributed by atoms with E-state index in [4.69, 9.17) is 46.9 Å². The molecule has 2 heterocycles. The van der Waals surface area contributed by atoms with Crippen molar-refractivity contribution in [2.75, 3.05) is 33.0 Å². The average Bonchev–Trinajstić information content (AvgIpc) is 3.03. The van der Waals surface area contributed by atoms with Crippen LogP contribution in [0.25, 0.3) is 0 Å². The second kappa shape index (κ2) is 20.5. The molecule has 1 aliphatic rings. The lowest BCUT2D eigenvalue weighted by atomic mass is 9.88. The number of aldehydes is 1. The van der Waals surface area contributed by atoms with Gasteiger partial charge in [-0.1, -0.05) is 88.7 Å². The number of ether oxygens (including phenoxy) is 5. The van der Waals surface area contributed by atoms with Crippen LogP contribution in [0.1, 0.15) is 108 Å². The first-order valence-electron chi connectivity index (χ1n) is 16.3. The van der Waals surface area contributed by atoms with Gasteiger partial charge in [0.15, 0.2) is 5.15 Å². The molecule has 44 heavy (non-hydrogen) atoms. The Morgan fingerprint density at radius 2 is 1.41 bits per heavy atom. The molecule has 1 saturated heterocycles. The van der Waals surface area contributed by atoms with E-state index in [0.717, 1.165) is 63.2 Å². The van der Waals surface area contributed by atoms with Crippen LogP contribution in [0.5, 0.6) is 0 Å². The quantitative estimate of drug-likeness (QED) is 0.0992. The average molecular weight is 654 g/mol. The van der Waals surface area contributed by atoms with Crippen molar-refractivity contribution in [1.82, 2.24) is 10.2 Å². The van der Waals surface area contributed by atoms with E-state index < -0.39 is 18.1 Å². The highest BCUT2D eigenvalue weighted by atomic mass is 35.5. The number of hydrogen-bond acceptors (Lipinski definition) is 8. The molecule has 3 rings (SSSR count). The summed E-state index contributed by atoms with van der Waals surface area (Å²) in [6.45, 7) is 11.4. The lowest BCUT2D eigenvalue weighted by Gasteiger charge is -2.46. The lowest BCUT2D eigenvalue weighted by molar-refractivity contribution is -0.268. The van der Waals surface area contributed by atoms with E-state index >= 15 is 0 Å². The highest BCUT2D eigenvalue weighted by Crippen LogP contribution is 2.40. The number of carbonyl (C=O) groups excluding carboxylic acids is 1. The molecular weight excluding hydrogens is 603 g/mol. The number of hydrogen-bond donors (Lipinski definition) is 0. The van der Waals surface area contributed by atoms with E-state index in [2.05, 4.69) is 37.9 Å². The molecule has 1 aliphatic heterocycles. The van der Waals surface area contributed by atoms with Crippen molar-refractivity contribution in [2.45, 2.75) is 115 Å². The van der Waals surface area contributed by atoms with E-state index in [1.54, 1.807) is 18.2 Å². The summed E-state index contributed by atoms with van der Waals surface area (Å²) in [5, 5.41) is 8.77. The molecule has 0 spiro atoms. The third kappa shape index (κ3) is 10.7. The number of benzene rings is 1. The van der Waals surface area contributed by atoms with Gasteiger partial charge in [-0.3, -0.25) is 0 Å². The fourth-order valence-electron chi connectivity index (χ4n) is 5.20. The molecule has 1 aromatic heterocycles. The summed E-state index contributed by atoms with van der Waals surface area (Å²) in [5.74, 6) is -0.731. The maximum absolute atomic E-state index is 12.4. The van der Waals surface area contributed by atoms with E-state index in [-0.39, 0.29) is 23.5 Å². The monoisotopic (exact) mass is 652 g/mol. The molecule has 6 atom stereocenters. The minimum Gasteiger partial charge on any atom is -0.379 e. The largest absolute Gasteiger partial charge is 0.379 e. The first-order valence-corrected chi connectivity index (χ1v) is 17.1. The van der Waals surface area contributed by atoms with Crippen LogP contribution < -0.4 is 0 Å². The van der Waals surface area contributed by atoms with Gasteiger partial charge in [0.1, 0.15) is 36.8 Å². The maximum atomic E-state index is 12.4. The molecule has 0 saturated carbocycles. The van der Waals surface area contributed by atoms with Gasteiger partial charge < -0.3 is 28.5 Å². The molecule has 10 heteroatoms. The number of rotatable bonds is 21. The summed E-state index contributed by atoms with van der Waals surface area (Å²) < 4.78 is 32.7. The third-order valence-corrected chi connectivity index (χ3v) is 8.32. The second-order valence-electron chi connectivity index (χ2n) is 11.3. The van der Waals surface area contributed by atoms with Gasteiger partial charge in [-0.15, -0.1) is 5.10 Å².